The van der Waals surface area contributed by atoms with E-state index < -0.39 is 6.30 Å². The van der Waals surface area contributed by atoms with Crippen molar-refractivity contribution in [1.82, 2.24) is 25.0 Å². The van der Waals surface area contributed by atoms with Gasteiger partial charge in [-0.25, -0.2) is 24.4 Å². The highest BCUT2D eigenvalue weighted by molar-refractivity contribution is 6.32. The maximum absolute atomic E-state index is 15.0. The third kappa shape index (κ3) is 2.39. The highest BCUT2D eigenvalue weighted by Gasteiger charge is 2.45. The van der Waals surface area contributed by atoms with Gasteiger partial charge in [0.1, 0.15) is 0 Å². The molecule has 0 aromatic carbocycles. The van der Waals surface area contributed by atoms with Gasteiger partial charge < -0.3 is 0 Å². The first-order valence-electron chi connectivity index (χ1n) is 8.71. The molecule has 3 aliphatic rings. The largest absolute Gasteiger partial charge is 0.241 e. The molecule has 0 saturated heterocycles. The average molecular weight is 386 g/mol. The van der Waals surface area contributed by atoms with E-state index in [0.717, 1.165) is 24.1 Å². The minimum atomic E-state index is -1.35. The van der Waals surface area contributed by atoms with Crippen molar-refractivity contribution in [3.8, 4) is 5.82 Å². The Morgan fingerprint density at radius 2 is 2.04 bits per heavy atom. The average Bonchev–Trinajstić information content (AvgIpc) is 3.32. The lowest BCUT2D eigenvalue weighted by atomic mass is 9.89. The number of hydrogen-bond acceptors (Lipinski definition) is 6. The number of fused-ring (bicyclic) bond motifs is 2. The Morgan fingerprint density at radius 1 is 1.26 bits per heavy atom. The van der Waals surface area contributed by atoms with Crippen LogP contribution in [-0.2, 0) is 0 Å². The SMILES string of the molecule is CC1(C)CCC2=C1N1C(=CC(F)N1c1cnc(-n3nccn3)c(Cl)c1)N=C2. The Morgan fingerprint density at radius 3 is 2.78 bits per heavy atom. The van der Waals surface area contributed by atoms with Crippen LogP contribution in [0.15, 0.2) is 52.8 Å². The van der Waals surface area contributed by atoms with Crippen molar-refractivity contribution in [2.45, 2.75) is 33.0 Å². The zero-order valence-corrected chi connectivity index (χ0v) is 15.6. The number of rotatable bonds is 2. The number of aliphatic imine (C=N–C) groups is 1. The lowest BCUT2D eigenvalue weighted by molar-refractivity contribution is 0.249. The molecule has 7 nitrogen and oxygen atoms in total. The zero-order chi connectivity index (χ0) is 18.8. The van der Waals surface area contributed by atoms with Crippen LogP contribution in [0.3, 0.4) is 0 Å². The summed E-state index contributed by atoms with van der Waals surface area (Å²) in [7, 11) is 0. The smallest absolute Gasteiger partial charge is 0.213 e. The highest BCUT2D eigenvalue weighted by Crippen LogP contribution is 2.50. The van der Waals surface area contributed by atoms with E-state index in [1.807, 2.05) is 11.2 Å². The molecular weight excluding hydrogens is 369 g/mol. The van der Waals surface area contributed by atoms with Crippen LogP contribution in [0.25, 0.3) is 5.82 Å². The van der Waals surface area contributed by atoms with Crippen molar-refractivity contribution in [1.29, 1.82) is 0 Å². The summed E-state index contributed by atoms with van der Waals surface area (Å²) in [4.78, 5) is 10.1. The molecule has 0 bridgehead atoms. The van der Waals surface area contributed by atoms with Crippen LogP contribution in [0.4, 0.5) is 10.1 Å². The lowest BCUT2D eigenvalue weighted by Crippen LogP contribution is -2.44. The standard InChI is InChI=1S/C18H17ClFN7/c1-18(2)4-3-11-9-21-15-8-14(20)25(26(15)16(11)18)12-7-13(19)17(22-10-12)27-23-5-6-24-27/h5-10,14H,3-4H2,1-2H3. The second kappa shape index (κ2) is 5.63. The van der Waals surface area contributed by atoms with Gasteiger partial charge in [-0.3, -0.25) is 0 Å². The fourth-order valence-corrected chi connectivity index (χ4v) is 4.13. The third-order valence-electron chi connectivity index (χ3n) is 5.16. The van der Waals surface area contributed by atoms with E-state index in [-0.39, 0.29) is 5.41 Å². The zero-order valence-electron chi connectivity index (χ0n) is 14.8. The van der Waals surface area contributed by atoms with E-state index in [2.05, 4.69) is 34.0 Å². The maximum atomic E-state index is 15.0. The second-order valence-corrected chi connectivity index (χ2v) is 7.79. The number of alkyl halides is 1. The summed E-state index contributed by atoms with van der Waals surface area (Å²) >= 11 is 6.40. The normalized spacial score (nSPS) is 23.0. The van der Waals surface area contributed by atoms with Crippen molar-refractivity contribution in [2.75, 3.05) is 5.01 Å². The first-order chi connectivity index (χ1) is 13.0. The summed E-state index contributed by atoms with van der Waals surface area (Å²) in [5.74, 6) is 0.983. The van der Waals surface area contributed by atoms with E-state index in [1.165, 1.54) is 10.9 Å². The van der Waals surface area contributed by atoms with Crippen LogP contribution in [-0.4, -0.2) is 37.5 Å². The number of halogens is 2. The van der Waals surface area contributed by atoms with Crippen molar-refractivity contribution in [3.05, 3.63) is 52.8 Å². The summed E-state index contributed by atoms with van der Waals surface area (Å²) in [5.41, 5.74) is 2.70. The Balaban J connectivity index is 1.58. The van der Waals surface area contributed by atoms with Gasteiger partial charge in [0, 0.05) is 17.7 Å². The molecule has 27 heavy (non-hydrogen) atoms. The van der Waals surface area contributed by atoms with Crippen molar-refractivity contribution >= 4 is 23.5 Å². The molecule has 1 unspecified atom stereocenters. The molecule has 0 spiro atoms. The lowest BCUT2D eigenvalue weighted by Gasteiger charge is -2.40. The molecule has 138 valence electrons. The third-order valence-corrected chi connectivity index (χ3v) is 5.44. The molecule has 0 N–H and O–H groups in total. The molecule has 0 radical (unpaired) electrons. The van der Waals surface area contributed by atoms with Crippen LogP contribution in [0.2, 0.25) is 5.02 Å². The van der Waals surface area contributed by atoms with E-state index in [9.17, 15) is 0 Å². The van der Waals surface area contributed by atoms with Gasteiger partial charge >= 0.3 is 0 Å². The molecule has 4 heterocycles. The molecule has 0 amide bonds. The predicted molar refractivity (Wildman–Crippen MR) is 100.0 cm³/mol. The molecule has 2 aromatic heterocycles. The van der Waals surface area contributed by atoms with Gasteiger partial charge in [-0.05, 0) is 24.5 Å². The topological polar surface area (TPSA) is 62.4 Å². The van der Waals surface area contributed by atoms with Crippen LogP contribution in [0.5, 0.6) is 0 Å². The first kappa shape index (κ1) is 16.4. The monoisotopic (exact) mass is 385 g/mol. The molecule has 2 aliphatic heterocycles. The van der Waals surface area contributed by atoms with Crippen LogP contribution >= 0.6 is 11.6 Å². The van der Waals surface area contributed by atoms with E-state index in [0.29, 0.717) is 22.3 Å². The van der Waals surface area contributed by atoms with Crippen LogP contribution in [0, 0.1) is 5.41 Å². The molecule has 5 rings (SSSR count). The Hall–Kier alpha value is -2.74. The Labute approximate surface area is 160 Å². The molecule has 9 heteroatoms. The number of hydrogen-bond donors (Lipinski definition) is 0. The second-order valence-electron chi connectivity index (χ2n) is 7.39. The number of allylic oxidation sites excluding steroid dienone is 2. The molecule has 1 atom stereocenters. The number of nitrogens with zero attached hydrogens (tertiary/aromatic N) is 7. The molecular formula is C18H17ClFN7. The Bertz CT molecular complexity index is 1010. The van der Waals surface area contributed by atoms with E-state index in [1.54, 1.807) is 29.7 Å². The van der Waals surface area contributed by atoms with Crippen molar-refractivity contribution in [3.63, 3.8) is 0 Å². The van der Waals surface area contributed by atoms with Gasteiger partial charge in [0.05, 0.1) is 35.0 Å². The summed E-state index contributed by atoms with van der Waals surface area (Å²) in [6.07, 6.45) is 8.61. The molecule has 1 aliphatic carbocycles. The number of anilines is 1. The van der Waals surface area contributed by atoms with Gasteiger partial charge in [-0.15, -0.1) is 4.80 Å². The fourth-order valence-electron chi connectivity index (χ4n) is 3.89. The van der Waals surface area contributed by atoms with Gasteiger partial charge in [-0.1, -0.05) is 25.4 Å². The maximum Gasteiger partial charge on any atom is 0.213 e. The quantitative estimate of drug-likeness (QED) is 0.738. The fraction of sp³-hybridized carbons (Fsp3) is 0.333. The Kier molecular flexibility index (Phi) is 3.42. The molecule has 0 saturated carbocycles. The van der Waals surface area contributed by atoms with Gasteiger partial charge in [0.15, 0.2) is 11.6 Å². The van der Waals surface area contributed by atoms with Crippen LogP contribution in [0.1, 0.15) is 26.7 Å². The van der Waals surface area contributed by atoms with Crippen LogP contribution < -0.4 is 5.01 Å². The summed E-state index contributed by atoms with van der Waals surface area (Å²) in [6, 6.07) is 1.68. The van der Waals surface area contributed by atoms with Gasteiger partial charge in [0.2, 0.25) is 6.30 Å². The summed E-state index contributed by atoms with van der Waals surface area (Å²) in [5, 5.41) is 11.8. The van der Waals surface area contributed by atoms with Crippen molar-refractivity contribution < 1.29 is 4.39 Å². The minimum Gasteiger partial charge on any atom is -0.241 e. The molecule has 0 fully saturated rings. The first-order valence-corrected chi connectivity index (χ1v) is 9.08. The van der Waals surface area contributed by atoms with E-state index >= 15 is 4.39 Å². The van der Waals surface area contributed by atoms with E-state index in [4.69, 9.17) is 11.6 Å². The van der Waals surface area contributed by atoms with Gasteiger partial charge in [-0.2, -0.15) is 10.2 Å². The van der Waals surface area contributed by atoms with Crippen molar-refractivity contribution in [2.24, 2.45) is 10.4 Å². The highest BCUT2D eigenvalue weighted by atomic mass is 35.5. The number of aromatic nitrogens is 4. The summed E-state index contributed by atoms with van der Waals surface area (Å²) in [6.45, 7) is 4.35. The predicted octanol–water partition coefficient (Wildman–Crippen LogP) is 3.65. The minimum absolute atomic E-state index is 0.0701. The van der Waals surface area contributed by atoms with Gasteiger partial charge in [0.25, 0.3) is 0 Å². The molecule has 2 aromatic rings. The number of hydrazine groups is 1. The summed E-state index contributed by atoms with van der Waals surface area (Å²) < 4.78 is 15.0. The number of pyridine rings is 1.